The summed E-state index contributed by atoms with van der Waals surface area (Å²) in [7, 11) is 1.78. The van der Waals surface area contributed by atoms with Gasteiger partial charge in [0.15, 0.2) is 0 Å². The van der Waals surface area contributed by atoms with Crippen LogP contribution in [0.1, 0.15) is 18.9 Å². The minimum absolute atomic E-state index is 0.0281. The van der Waals surface area contributed by atoms with Gasteiger partial charge in [0, 0.05) is 13.7 Å². The second kappa shape index (κ2) is 5.48. The van der Waals surface area contributed by atoms with Crippen LogP contribution in [0, 0.1) is 0 Å². The predicted molar refractivity (Wildman–Crippen MR) is 65.7 cm³/mol. The molecular weight excluding hydrogens is 201 g/mol. The second-order valence-electron chi connectivity index (χ2n) is 4.06. The number of benzene rings is 1. The van der Waals surface area contributed by atoms with E-state index in [1.807, 2.05) is 0 Å². The second-order valence-corrected chi connectivity index (χ2v) is 4.06. The van der Waals surface area contributed by atoms with Gasteiger partial charge in [-0.25, -0.2) is 0 Å². The lowest BCUT2D eigenvalue weighted by atomic mass is 9.73. The van der Waals surface area contributed by atoms with Crippen molar-refractivity contribution in [3.8, 4) is 0 Å². The van der Waals surface area contributed by atoms with Crippen LogP contribution >= 0.6 is 0 Å². The Hall–Kier alpha value is -0.835. The van der Waals surface area contributed by atoms with E-state index in [9.17, 15) is 0 Å². The van der Waals surface area contributed by atoms with Gasteiger partial charge < -0.3 is 14.6 Å². The molecule has 0 bridgehead atoms. The van der Waals surface area contributed by atoms with E-state index in [1.54, 1.807) is 7.11 Å². The molecule has 0 aromatic heterocycles. The van der Waals surface area contributed by atoms with Crippen LogP contribution in [0.3, 0.4) is 0 Å². The van der Waals surface area contributed by atoms with Crippen molar-refractivity contribution in [3.63, 3.8) is 0 Å². The van der Waals surface area contributed by atoms with E-state index in [-0.39, 0.29) is 13.2 Å². The first kappa shape index (κ1) is 11.6. The van der Waals surface area contributed by atoms with Crippen LogP contribution in [0.4, 0.5) is 0 Å². The van der Waals surface area contributed by atoms with Crippen LogP contribution in [0.15, 0.2) is 24.3 Å². The number of hydrogen-bond acceptors (Lipinski definition) is 3. The Morgan fingerprint density at radius 3 is 3.06 bits per heavy atom. The third-order valence-corrected chi connectivity index (χ3v) is 3.06. The fraction of sp³-hybridized carbons (Fsp3) is 0.500. The quantitative estimate of drug-likeness (QED) is 0.747. The molecular formula is C12H18BNO2. The van der Waals surface area contributed by atoms with Gasteiger partial charge in [-0.15, -0.1) is 0 Å². The molecule has 2 rings (SSSR count). The smallest absolute Gasteiger partial charge is 0.413 e. The zero-order valence-electron chi connectivity index (χ0n) is 9.90. The summed E-state index contributed by atoms with van der Waals surface area (Å²) in [4.78, 5) is 0. The molecule has 86 valence electrons. The highest BCUT2D eigenvalue weighted by atomic mass is 16.5. The van der Waals surface area contributed by atoms with E-state index in [1.165, 1.54) is 11.0 Å². The molecule has 1 heterocycles. The van der Waals surface area contributed by atoms with E-state index in [2.05, 4.69) is 36.4 Å². The van der Waals surface area contributed by atoms with Crippen LogP contribution < -0.4 is 10.7 Å². The highest BCUT2D eigenvalue weighted by Crippen LogP contribution is 2.08. The summed E-state index contributed by atoms with van der Waals surface area (Å²) in [6, 6.07) is 8.34. The molecule has 4 heteroatoms. The van der Waals surface area contributed by atoms with Crippen molar-refractivity contribution in [2.24, 2.45) is 0 Å². The lowest BCUT2D eigenvalue weighted by Crippen LogP contribution is -2.47. The minimum Gasteiger partial charge on any atom is -0.413 e. The lowest BCUT2D eigenvalue weighted by Gasteiger charge is -2.15. The molecule has 1 aromatic carbocycles. The van der Waals surface area contributed by atoms with E-state index in [4.69, 9.17) is 9.39 Å². The number of ether oxygens (including phenoxy) is 1. The van der Waals surface area contributed by atoms with Gasteiger partial charge in [0.25, 0.3) is 0 Å². The van der Waals surface area contributed by atoms with Gasteiger partial charge in [0.05, 0.1) is 12.7 Å². The van der Waals surface area contributed by atoms with E-state index in [0.29, 0.717) is 6.61 Å². The first-order valence-corrected chi connectivity index (χ1v) is 5.80. The third-order valence-electron chi connectivity index (χ3n) is 3.06. The molecule has 16 heavy (non-hydrogen) atoms. The molecule has 0 saturated heterocycles. The van der Waals surface area contributed by atoms with E-state index >= 15 is 0 Å². The predicted octanol–water partition coefficient (Wildman–Crippen LogP) is 0.927. The number of fused-ring (bicyclic) bond motifs is 1. The fourth-order valence-corrected chi connectivity index (χ4v) is 1.99. The van der Waals surface area contributed by atoms with Crippen LogP contribution in [0.25, 0.3) is 0 Å². The molecule has 1 aliphatic rings. The maximum Gasteiger partial charge on any atom is 0.416 e. The summed E-state index contributed by atoms with van der Waals surface area (Å²) in [6.45, 7) is 3.66. The molecule has 1 atom stereocenters. The first-order chi connectivity index (χ1) is 7.85. The SMILES string of the molecule is CCC(CNB1OCc2ccccc21)OC. The highest BCUT2D eigenvalue weighted by Gasteiger charge is 2.28. The zero-order chi connectivity index (χ0) is 11.4. The molecule has 1 aromatic rings. The normalized spacial score (nSPS) is 16.2. The Bertz CT molecular complexity index is 342. The lowest BCUT2D eigenvalue weighted by molar-refractivity contribution is 0.102. The van der Waals surface area contributed by atoms with E-state index < -0.39 is 0 Å². The summed E-state index contributed by atoms with van der Waals surface area (Å²) in [5.41, 5.74) is 2.54. The van der Waals surface area contributed by atoms with Gasteiger partial charge in [-0.3, -0.25) is 0 Å². The monoisotopic (exact) mass is 219 g/mol. The fourth-order valence-electron chi connectivity index (χ4n) is 1.99. The maximum absolute atomic E-state index is 5.70. The van der Waals surface area contributed by atoms with Gasteiger partial charge in [-0.05, 0) is 17.4 Å². The molecule has 0 saturated carbocycles. The third kappa shape index (κ3) is 2.46. The molecule has 1 unspecified atom stereocenters. The van der Waals surface area contributed by atoms with Crippen molar-refractivity contribution in [2.75, 3.05) is 13.7 Å². The minimum atomic E-state index is 0.0281. The largest absolute Gasteiger partial charge is 0.416 e. The molecule has 3 nitrogen and oxygen atoms in total. The maximum atomic E-state index is 5.70. The van der Waals surface area contributed by atoms with Crippen molar-refractivity contribution in [1.82, 2.24) is 5.23 Å². The molecule has 1 aliphatic heterocycles. The molecule has 0 spiro atoms. The average Bonchev–Trinajstić information content (AvgIpc) is 2.74. The van der Waals surface area contributed by atoms with Crippen molar-refractivity contribution < 1.29 is 9.39 Å². The average molecular weight is 219 g/mol. The highest BCUT2D eigenvalue weighted by molar-refractivity contribution is 6.66. The molecule has 0 aliphatic carbocycles. The van der Waals surface area contributed by atoms with Crippen LogP contribution in [-0.4, -0.2) is 26.8 Å². The van der Waals surface area contributed by atoms with Gasteiger partial charge >= 0.3 is 7.05 Å². The Labute approximate surface area is 97.3 Å². The van der Waals surface area contributed by atoms with Gasteiger partial charge in [-0.2, -0.15) is 0 Å². The summed E-state index contributed by atoms with van der Waals surface area (Å²) in [5, 5.41) is 3.39. The number of rotatable bonds is 5. The van der Waals surface area contributed by atoms with Gasteiger partial charge in [0.1, 0.15) is 0 Å². The number of hydrogen-bond donors (Lipinski definition) is 1. The Morgan fingerprint density at radius 1 is 1.50 bits per heavy atom. The summed E-state index contributed by atoms with van der Waals surface area (Å²) in [6.07, 6.45) is 1.27. The number of methoxy groups -OCH3 is 1. The summed E-state index contributed by atoms with van der Waals surface area (Å²) in [5.74, 6) is 0. The van der Waals surface area contributed by atoms with Crippen LogP contribution in [0.5, 0.6) is 0 Å². The molecule has 0 radical (unpaired) electrons. The standard InChI is InChI=1S/C12H18BNO2/c1-3-11(15-2)8-14-13-12-7-5-4-6-10(12)9-16-13/h4-7,11,14H,3,8-9H2,1-2H3. The first-order valence-electron chi connectivity index (χ1n) is 5.80. The Balaban J connectivity index is 1.93. The van der Waals surface area contributed by atoms with Gasteiger partial charge in [0.2, 0.25) is 0 Å². The van der Waals surface area contributed by atoms with Crippen molar-refractivity contribution in [3.05, 3.63) is 29.8 Å². The van der Waals surface area contributed by atoms with Crippen molar-refractivity contribution >= 4 is 12.5 Å². The van der Waals surface area contributed by atoms with Crippen molar-refractivity contribution in [1.29, 1.82) is 0 Å². The van der Waals surface area contributed by atoms with Crippen molar-refractivity contribution in [2.45, 2.75) is 26.1 Å². The zero-order valence-corrected chi connectivity index (χ0v) is 9.90. The van der Waals surface area contributed by atoms with Gasteiger partial charge in [-0.1, -0.05) is 31.2 Å². The number of nitrogens with one attached hydrogen (secondary N) is 1. The summed E-state index contributed by atoms with van der Waals surface area (Å²) < 4.78 is 11.0. The molecule has 0 amide bonds. The Morgan fingerprint density at radius 2 is 2.31 bits per heavy atom. The van der Waals surface area contributed by atoms with E-state index in [0.717, 1.165) is 13.0 Å². The molecule has 1 N–H and O–H groups in total. The van der Waals surface area contributed by atoms with Crippen LogP contribution in [0.2, 0.25) is 0 Å². The topological polar surface area (TPSA) is 30.5 Å². The summed E-state index contributed by atoms with van der Waals surface area (Å²) >= 11 is 0. The van der Waals surface area contributed by atoms with Crippen LogP contribution in [-0.2, 0) is 16.0 Å². The molecule has 0 fully saturated rings. The Kier molecular flexibility index (Phi) is 3.99.